The summed E-state index contributed by atoms with van der Waals surface area (Å²) in [4.78, 5) is 4.68. The summed E-state index contributed by atoms with van der Waals surface area (Å²) in [6.07, 6.45) is 0. The van der Waals surface area contributed by atoms with Crippen LogP contribution < -0.4 is 15.7 Å². The van der Waals surface area contributed by atoms with E-state index in [1.54, 1.807) is 12.1 Å². The van der Waals surface area contributed by atoms with E-state index < -0.39 is 0 Å². The molecule has 0 bridgehead atoms. The number of alkyl halides is 1. The average molecular weight is 755 g/mol. The zero-order valence-electron chi connectivity index (χ0n) is 31.2. The topological polar surface area (TPSA) is 91.3 Å². The van der Waals surface area contributed by atoms with Crippen LogP contribution in [-0.4, -0.2) is 130 Å². The third-order valence-corrected chi connectivity index (χ3v) is 10.3. The number of nitrogens with zero attached hydrogens (tertiary/aromatic N) is 2. The number of hydrogen-bond donors (Lipinski definition) is 1. The summed E-state index contributed by atoms with van der Waals surface area (Å²) < 4.78 is 40.3. The van der Waals surface area contributed by atoms with Gasteiger partial charge >= 0.3 is 14.2 Å². The fourth-order valence-corrected chi connectivity index (χ4v) is 5.61. The Morgan fingerprint density at radius 1 is 0.627 bits per heavy atom. The van der Waals surface area contributed by atoms with Gasteiger partial charge in [-0.3, -0.25) is 9.80 Å². The third-order valence-electron chi connectivity index (χ3n) is 10.1. The molecule has 0 atom stereocenters. The molecule has 14 heteroatoms. The van der Waals surface area contributed by atoms with Crippen LogP contribution in [0.1, 0.15) is 62.8 Å². The number of hydrogen-bond acceptors (Lipinski definition) is 10. The van der Waals surface area contributed by atoms with Crippen LogP contribution in [0.4, 0.5) is 0 Å². The molecule has 4 fully saturated rings. The molecule has 0 saturated carbocycles. The maximum absolute atomic E-state index is 9.22. The lowest BCUT2D eigenvalue weighted by Gasteiger charge is -2.32. The van der Waals surface area contributed by atoms with Gasteiger partial charge in [0.15, 0.2) is 0 Å². The molecule has 4 aliphatic rings. The summed E-state index contributed by atoms with van der Waals surface area (Å²) in [5.74, 6) is 1.86. The van der Waals surface area contributed by atoms with Gasteiger partial charge in [-0.15, -0.1) is 24.0 Å². The number of benzene rings is 2. The van der Waals surface area contributed by atoms with E-state index in [0.717, 1.165) is 88.3 Å². The van der Waals surface area contributed by atoms with E-state index in [0.29, 0.717) is 6.61 Å². The molecule has 4 heterocycles. The predicted molar refractivity (Wildman–Crippen MR) is 211 cm³/mol. The fourth-order valence-electron chi connectivity index (χ4n) is 5.37. The Labute approximate surface area is 319 Å². The molecule has 10 nitrogen and oxygen atoms in total. The lowest BCUT2D eigenvalue weighted by molar-refractivity contribution is 0.00578. The molecular weight excluding hydrogens is 693 g/mol. The van der Waals surface area contributed by atoms with Crippen LogP contribution in [0, 0.1) is 0 Å². The first kappa shape index (κ1) is 45.6. The first-order chi connectivity index (χ1) is 23.1. The van der Waals surface area contributed by atoms with Gasteiger partial charge in [0.25, 0.3) is 0 Å². The Hall–Kier alpha value is -1.57. The second-order valence-electron chi connectivity index (χ2n) is 14.8. The zero-order valence-corrected chi connectivity index (χ0v) is 32.8. The normalized spacial score (nSPS) is 22.0. The van der Waals surface area contributed by atoms with Crippen molar-refractivity contribution in [2.75, 3.05) is 78.2 Å². The van der Waals surface area contributed by atoms with Crippen molar-refractivity contribution in [3.05, 3.63) is 48.5 Å². The molecule has 288 valence electrons. The molecule has 4 aliphatic heterocycles. The van der Waals surface area contributed by atoms with Gasteiger partial charge in [-0.2, -0.15) is 0 Å². The van der Waals surface area contributed by atoms with Gasteiger partial charge in [0, 0.05) is 45.1 Å². The van der Waals surface area contributed by atoms with E-state index in [-0.39, 0.29) is 62.2 Å². The highest BCUT2D eigenvalue weighted by atomic mass is 35.5. The minimum atomic E-state index is -0.356. The SMILES string of the molecule is C.CC1(C)OB(c2ccc(O)cc2)OC1(C)C.CC1(C)OB(c2ccc(OCCN3CCOCC3)cc2)OC1(C)C.Cl.ClCCN1CCOCC1. The molecule has 51 heavy (non-hydrogen) atoms. The van der Waals surface area contributed by atoms with Crippen molar-refractivity contribution in [2.24, 2.45) is 0 Å². The van der Waals surface area contributed by atoms with Gasteiger partial charge < -0.3 is 37.9 Å². The first-order valence-electron chi connectivity index (χ1n) is 17.5. The number of aromatic hydroxyl groups is 1. The summed E-state index contributed by atoms with van der Waals surface area (Å²) >= 11 is 5.55. The Bertz CT molecular complexity index is 1240. The predicted octanol–water partition coefficient (Wildman–Crippen LogP) is 5.00. The molecule has 0 unspecified atom stereocenters. The van der Waals surface area contributed by atoms with Gasteiger partial charge in [-0.05, 0) is 90.6 Å². The van der Waals surface area contributed by atoms with E-state index >= 15 is 0 Å². The van der Waals surface area contributed by atoms with Gasteiger partial charge in [-0.25, -0.2) is 0 Å². The van der Waals surface area contributed by atoms with Crippen LogP contribution in [0.15, 0.2) is 48.5 Å². The van der Waals surface area contributed by atoms with Crippen molar-refractivity contribution in [3.8, 4) is 11.5 Å². The number of phenolic OH excluding ortho intramolecular Hbond substituents is 1. The quantitative estimate of drug-likeness (QED) is 0.294. The van der Waals surface area contributed by atoms with E-state index in [4.69, 9.17) is 44.4 Å². The number of rotatable bonds is 8. The molecule has 0 aliphatic carbocycles. The number of phenols is 1. The molecular formula is C37H62B2Cl2N2O8. The largest absolute Gasteiger partial charge is 0.508 e. The standard InChI is InChI=1S/C18H28BNO4.C12H17BO3.C6H12ClNO.CH4.ClH/c1-17(2)18(3,4)24-19(23-17)15-5-7-16(8-6-15)22-14-11-20-9-12-21-13-10-20;1-11(2)12(3,4)16-13(15-11)9-5-7-10(14)8-6-9;7-1-2-8-3-5-9-6-4-8;;/h5-8H,9-14H2,1-4H3;5-8,14H,1-4H3;1-6H2;1H4;1H. The highest BCUT2D eigenvalue weighted by Crippen LogP contribution is 2.37. The van der Waals surface area contributed by atoms with Crippen LogP contribution in [0.25, 0.3) is 0 Å². The summed E-state index contributed by atoms with van der Waals surface area (Å²) in [6, 6.07) is 14.9. The molecule has 0 spiro atoms. The van der Waals surface area contributed by atoms with Crippen molar-refractivity contribution in [2.45, 2.75) is 85.2 Å². The zero-order chi connectivity index (χ0) is 35.7. The minimum absolute atomic E-state index is 0. The lowest BCUT2D eigenvalue weighted by atomic mass is 9.79. The molecule has 1 N–H and O–H groups in total. The first-order valence-corrected chi connectivity index (χ1v) is 18.0. The highest BCUT2D eigenvalue weighted by Gasteiger charge is 2.52. The van der Waals surface area contributed by atoms with Gasteiger partial charge in [0.1, 0.15) is 18.1 Å². The van der Waals surface area contributed by atoms with Crippen LogP contribution >= 0.6 is 24.0 Å². The van der Waals surface area contributed by atoms with E-state index in [9.17, 15) is 5.11 Å². The second-order valence-corrected chi connectivity index (χ2v) is 15.2. The van der Waals surface area contributed by atoms with Crippen molar-refractivity contribution in [1.82, 2.24) is 9.80 Å². The van der Waals surface area contributed by atoms with Crippen molar-refractivity contribution in [1.29, 1.82) is 0 Å². The van der Waals surface area contributed by atoms with Crippen molar-refractivity contribution < 1.29 is 37.9 Å². The molecule has 0 amide bonds. The summed E-state index contributed by atoms with van der Waals surface area (Å²) in [7, 11) is -0.678. The Morgan fingerprint density at radius 2 is 0.980 bits per heavy atom. The molecule has 0 radical (unpaired) electrons. The maximum Gasteiger partial charge on any atom is 0.494 e. The molecule has 4 saturated heterocycles. The third kappa shape index (κ3) is 13.1. The smallest absolute Gasteiger partial charge is 0.494 e. The summed E-state index contributed by atoms with van der Waals surface area (Å²) in [6.45, 7) is 26.4. The minimum Gasteiger partial charge on any atom is -0.508 e. The summed E-state index contributed by atoms with van der Waals surface area (Å²) in [5.41, 5.74) is 0.673. The molecule has 6 rings (SSSR count). The monoisotopic (exact) mass is 754 g/mol. The van der Waals surface area contributed by atoms with Crippen LogP contribution in [0.3, 0.4) is 0 Å². The fraction of sp³-hybridized carbons (Fsp3) is 0.676. The number of morpholine rings is 2. The van der Waals surface area contributed by atoms with Gasteiger partial charge in [-0.1, -0.05) is 31.7 Å². The Balaban J connectivity index is 0.000000288. The van der Waals surface area contributed by atoms with E-state index in [1.807, 2.05) is 64.1 Å². The van der Waals surface area contributed by atoms with Gasteiger partial charge in [0.2, 0.25) is 0 Å². The average Bonchev–Trinajstić information content (AvgIpc) is 3.43. The number of ether oxygens (including phenoxy) is 3. The lowest BCUT2D eigenvalue weighted by Crippen LogP contribution is -2.41. The van der Waals surface area contributed by atoms with Gasteiger partial charge in [0.05, 0.1) is 48.8 Å². The Morgan fingerprint density at radius 3 is 1.35 bits per heavy atom. The van der Waals surface area contributed by atoms with Crippen LogP contribution in [0.2, 0.25) is 0 Å². The maximum atomic E-state index is 9.22. The van der Waals surface area contributed by atoms with Crippen molar-refractivity contribution in [3.63, 3.8) is 0 Å². The second kappa shape index (κ2) is 20.2. The van der Waals surface area contributed by atoms with Crippen molar-refractivity contribution >= 4 is 49.2 Å². The molecule has 0 aromatic heterocycles. The number of halogens is 2. The van der Waals surface area contributed by atoms with Crippen LogP contribution in [-0.2, 0) is 28.1 Å². The molecule has 2 aromatic rings. The van der Waals surface area contributed by atoms with E-state index in [2.05, 4.69) is 37.5 Å². The highest BCUT2D eigenvalue weighted by molar-refractivity contribution is 6.62. The van der Waals surface area contributed by atoms with E-state index in [1.165, 1.54) is 0 Å². The summed E-state index contributed by atoms with van der Waals surface area (Å²) in [5, 5.41) is 9.22. The Kier molecular flexibility index (Phi) is 18.1. The van der Waals surface area contributed by atoms with Crippen LogP contribution in [0.5, 0.6) is 11.5 Å². The molecule has 2 aromatic carbocycles.